The third kappa shape index (κ3) is 4.39. The van der Waals surface area contributed by atoms with E-state index in [1.807, 2.05) is 6.92 Å². The van der Waals surface area contributed by atoms with Gasteiger partial charge in [-0.3, -0.25) is 14.5 Å². The average molecular weight is 402 g/mol. The topological polar surface area (TPSA) is 102 Å². The molecule has 2 rings (SSSR count). The van der Waals surface area contributed by atoms with Crippen molar-refractivity contribution in [2.75, 3.05) is 6.54 Å². The Morgan fingerprint density at radius 3 is 2.48 bits per heavy atom. The second-order valence-corrected chi connectivity index (χ2v) is 7.85. The molecule has 1 aliphatic heterocycles. The number of carbonyl (C=O) groups is 3. The summed E-state index contributed by atoms with van der Waals surface area (Å²) >= 11 is 0. The van der Waals surface area contributed by atoms with E-state index in [1.54, 1.807) is 20.8 Å². The normalized spacial score (nSPS) is 20.9. The van der Waals surface area contributed by atoms with Crippen molar-refractivity contribution in [1.29, 1.82) is 5.26 Å². The molecule has 0 radical (unpaired) electrons. The molecule has 0 aliphatic carbocycles. The highest BCUT2D eigenvalue weighted by Gasteiger charge is 2.52. The number of carbonyl (C=O) groups excluding carboxylic acids is 3. The van der Waals surface area contributed by atoms with Crippen LogP contribution in [0.1, 0.15) is 52.5 Å². The van der Waals surface area contributed by atoms with Crippen LogP contribution < -0.4 is 10.6 Å². The number of nitriles is 1. The molecule has 1 aliphatic rings. The molecule has 0 bridgehead atoms. The van der Waals surface area contributed by atoms with Crippen LogP contribution >= 0.6 is 0 Å². The van der Waals surface area contributed by atoms with Crippen LogP contribution in [0.5, 0.6) is 0 Å². The monoisotopic (exact) mass is 402 g/mol. The predicted octanol–water partition coefficient (Wildman–Crippen LogP) is 2.82. The van der Waals surface area contributed by atoms with Gasteiger partial charge in [-0.05, 0) is 37.0 Å². The molecule has 156 valence electrons. The quantitative estimate of drug-likeness (QED) is 0.653. The van der Waals surface area contributed by atoms with E-state index in [0.29, 0.717) is 18.4 Å². The zero-order valence-electron chi connectivity index (χ0n) is 17.2. The molecule has 4 amide bonds. The lowest BCUT2D eigenvalue weighted by atomic mass is 9.84. The molecule has 1 saturated heterocycles. The molecule has 0 spiro atoms. The first-order valence-corrected chi connectivity index (χ1v) is 9.72. The van der Waals surface area contributed by atoms with E-state index in [-0.39, 0.29) is 5.92 Å². The van der Waals surface area contributed by atoms with Crippen LogP contribution in [-0.2, 0) is 15.1 Å². The van der Waals surface area contributed by atoms with Crippen LogP contribution in [-0.4, -0.2) is 34.8 Å². The number of nitrogens with zero attached hydrogens (tertiary/aromatic N) is 2. The minimum Gasteiger partial charge on any atom is -0.336 e. The highest BCUT2D eigenvalue weighted by molar-refractivity contribution is 6.09. The summed E-state index contributed by atoms with van der Waals surface area (Å²) < 4.78 is 13.4. The summed E-state index contributed by atoms with van der Waals surface area (Å²) in [6, 6.07) is 6.78. The Balaban J connectivity index is 2.28. The second kappa shape index (κ2) is 8.60. The van der Waals surface area contributed by atoms with Gasteiger partial charge in [-0.25, -0.2) is 9.18 Å². The van der Waals surface area contributed by atoms with E-state index in [4.69, 9.17) is 0 Å². The SMILES string of the molecule is CCCC[C@@]1(c2ccc(F)cc2)NC(=O)N(CC(=O)N[C@@](C)(C#N)C(C)C)C1=O. The standard InChI is InChI=1S/C21H27FN4O3/c1-5-6-11-21(15-7-9-16(22)10-8-15)18(28)26(19(29)25-21)12-17(27)24-20(4,13-23)14(2)3/h7-10,14H,5-6,11-12H2,1-4H3,(H,24,27)(H,25,29)/t20-,21-/m0/s1. The molecule has 29 heavy (non-hydrogen) atoms. The number of halogens is 1. The number of imide groups is 1. The van der Waals surface area contributed by atoms with Crippen molar-refractivity contribution in [2.24, 2.45) is 5.92 Å². The predicted molar refractivity (Wildman–Crippen MR) is 105 cm³/mol. The lowest BCUT2D eigenvalue weighted by Crippen LogP contribution is -2.52. The number of rotatable bonds is 8. The third-order valence-corrected chi connectivity index (χ3v) is 5.51. The number of amides is 4. The van der Waals surface area contributed by atoms with E-state index in [9.17, 15) is 24.0 Å². The summed E-state index contributed by atoms with van der Waals surface area (Å²) in [5, 5.41) is 14.7. The number of hydrogen-bond donors (Lipinski definition) is 2. The van der Waals surface area contributed by atoms with Crippen LogP contribution in [0.2, 0.25) is 0 Å². The third-order valence-electron chi connectivity index (χ3n) is 5.51. The first-order valence-electron chi connectivity index (χ1n) is 9.72. The minimum absolute atomic E-state index is 0.164. The van der Waals surface area contributed by atoms with E-state index in [1.165, 1.54) is 24.3 Å². The Kier molecular flexibility index (Phi) is 6.62. The minimum atomic E-state index is -1.34. The number of hydrogen-bond acceptors (Lipinski definition) is 4. The fourth-order valence-electron chi connectivity index (χ4n) is 3.23. The van der Waals surface area contributed by atoms with Gasteiger partial charge in [0, 0.05) is 0 Å². The molecule has 1 aromatic rings. The van der Waals surface area contributed by atoms with Gasteiger partial charge in [0.2, 0.25) is 5.91 Å². The average Bonchev–Trinajstić information content (AvgIpc) is 2.91. The van der Waals surface area contributed by atoms with Gasteiger partial charge in [0.05, 0.1) is 6.07 Å². The Bertz CT molecular complexity index is 833. The second-order valence-electron chi connectivity index (χ2n) is 7.85. The number of unbranched alkanes of at least 4 members (excludes halogenated alkanes) is 1. The summed E-state index contributed by atoms with van der Waals surface area (Å²) in [6.45, 7) is 6.64. The van der Waals surface area contributed by atoms with Crippen LogP contribution in [0, 0.1) is 23.1 Å². The lowest BCUT2D eigenvalue weighted by molar-refractivity contribution is -0.136. The Labute approximate surface area is 170 Å². The first-order chi connectivity index (χ1) is 13.6. The summed E-state index contributed by atoms with van der Waals surface area (Å²) in [6.07, 6.45) is 1.78. The van der Waals surface area contributed by atoms with Gasteiger partial charge in [0.1, 0.15) is 23.4 Å². The number of nitrogens with one attached hydrogen (secondary N) is 2. The maximum atomic E-state index is 13.4. The van der Waals surface area contributed by atoms with Crippen molar-refractivity contribution < 1.29 is 18.8 Å². The summed E-state index contributed by atoms with van der Waals surface area (Å²) in [7, 11) is 0. The van der Waals surface area contributed by atoms with Crippen LogP contribution in [0.4, 0.5) is 9.18 Å². The highest BCUT2D eigenvalue weighted by atomic mass is 19.1. The van der Waals surface area contributed by atoms with Crippen molar-refractivity contribution in [2.45, 2.75) is 58.0 Å². The zero-order valence-corrected chi connectivity index (χ0v) is 17.2. The van der Waals surface area contributed by atoms with Crippen molar-refractivity contribution in [3.8, 4) is 6.07 Å². The summed E-state index contributed by atoms with van der Waals surface area (Å²) in [5.74, 6) is -1.77. The van der Waals surface area contributed by atoms with Gasteiger partial charge >= 0.3 is 6.03 Å². The largest absolute Gasteiger partial charge is 0.336 e. The van der Waals surface area contributed by atoms with Crippen LogP contribution in [0.3, 0.4) is 0 Å². The van der Waals surface area contributed by atoms with Crippen LogP contribution in [0.15, 0.2) is 24.3 Å². The van der Waals surface area contributed by atoms with E-state index in [2.05, 4.69) is 16.7 Å². The molecule has 1 aromatic carbocycles. The molecule has 2 N–H and O–H groups in total. The van der Waals surface area contributed by atoms with E-state index >= 15 is 0 Å². The smallest absolute Gasteiger partial charge is 0.325 e. The Morgan fingerprint density at radius 2 is 1.97 bits per heavy atom. The van der Waals surface area contributed by atoms with Crippen molar-refractivity contribution in [3.05, 3.63) is 35.6 Å². The first kappa shape index (κ1) is 22.3. The number of benzene rings is 1. The van der Waals surface area contributed by atoms with Gasteiger partial charge in [0.25, 0.3) is 5.91 Å². The van der Waals surface area contributed by atoms with Crippen molar-refractivity contribution >= 4 is 17.8 Å². The van der Waals surface area contributed by atoms with Crippen molar-refractivity contribution in [1.82, 2.24) is 15.5 Å². The molecular weight excluding hydrogens is 375 g/mol. The molecule has 7 nitrogen and oxygen atoms in total. The molecule has 0 unspecified atom stereocenters. The fourth-order valence-corrected chi connectivity index (χ4v) is 3.23. The molecule has 8 heteroatoms. The Morgan fingerprint density at radius 1 is 1.34 bits per heavy atom. The molecule has 1 fully saturated rings. The summed E-state index contributed by atoms with van der Waals surface area (Å²) in [4.78, 5) is 39.2. The molecule has 0 aromatic heterocycles. The van der Waals surface area contributed by atoms with Crippen molar-refractivity contribution in [3.63, 3.8) is 0 Å². The summed E-state index contributed by atoms with van der Waals surface area (Å²) in [5.41, 5.74) is -1.98. The molecule has 1 heterocycles. The molecule has 2 atom stereocenters. The van der Waals surface area contributed by atoms with E-state index in [0.717, 1.165) is 11.3 Å². The van der Waals surface area contributed by atoms with E-state index < -0.39 is 41.3 Å². The maximum Gasteiger partial charge on any atom is 0.325 e. The fraction of sp³-hybridized carbons (Fsp3) is 0.524. The molecule has 0 saturated carbocycles. The Hall–Kier alpha value is -2.95. The van der Waals surface area contributed by atoms with Gasteiger partial charge in [-0.1, -0.05) is 45.7 Å². The van der Waals surface area contributed by atoms with Gasteiger partial charge in [-0.2, -0.15) is 5.26 Å². The van der Waals surface area contributed by atoms with Gasteiger partial charge in [0.15, 0.2) is 0 Å². The van der Waals surface area contributed by atoms with Gasteiger partial charge in [-0.15, -0.1) is 0 Å². The maximum absolute atomic E-state index is 13.4. The van der Waals surface area contributed by atoms with Crippen LogP contribution in [0.25, 0.3) is 0 Å². The van der Waals surface area contributed by atoms with Gasteiger partial charge < -0.3 is 10.6 Å². The molecular formula is C21H27FN4O3. The highest BCUT2D eigenvalue weighted by Crippen LogP contribution is 2.34. The lowest BCUT2D eigenvalue weighted by Gasteiger charge is -2.29. The zero-order chi connectivity index (χ0) is 21.8. The number of urea groups is 1.